The highest BCUT2D eigenvalue weighted by molar-refractivity contribution is 6.10. The molecule has 17 nitrogen and oxygen atoms in total. The van der Waals surface area contributed by atoms with Crippen molar-refractivity contribution in [2.45, 2.75) is 12.0 Å². The quantitative estimate of drug-likeness (QED) is 0.189. The topological polar surface area (TPSA) is 249 Å². The van der Waals surface area contributed by atoms with Crippen LogP contribution in [-0.2, 0) is 19.1 Å². The standard InChI is InChI=1S/C17H14N4O13/c1-33-16(23)11-9-6-3-5(18(25)26)4-7(19(27)28)8(6)13(20(29)30)10(14(9)21(31)32)12(15(11)22)17(24)34-2/h3-4,9-10,12,14,22H,1-2H3,(H,29,30)/t9-,10-,12-,14+/m0/s1. The lowest BCUT2D eigenvalue weighted by Crippen LogP contribution is -2.56. The molecule has 3 rings (SSSR count). The molecule has 0 aliphatic heterocycles. The third-order valence-corrected chi connectivity index (χ3v) is 5.71. The Morgan fingerprint density at radius 1 is 1.00 bits per heavy atom. The fourth-order valence-corrected chi connectivity index (χ4v) is 4.51. The van der Waals surface area contributed by atoms with Crippen molar-refractivity contribution in [2.75, 3.05) is 14.2 Å². The molecule has 0 heterocycles. The number of non-ortho nitro benzene ring substituents is 1. The van der Waals surface area contributed by atoms with Crippen LogP contribution < -0.4 is 0 Å². The number of benzene rings is 1. The molecular weight excluding hydrogens is 468 g/mol. The summed E-state index contributed by atoms with van der Waals surface area (Å²) in [6.07, 6.45) is 0. The minimum atomic E-state index is -2.18. The minimum absolute atomic E-state index is 0.444. The number of carbonyl (C=O) groups excluding carboxylic acids is 2. The fraction of sp³-hybridized carbons (Fsp3) is 0.353. The number of esters is 2. The largest absolute Gasteiger partial charge is 0.511 e. The number of hydrogen-bond acceptors (Lipinski definition) is 13. The maximum atomic E-state index is 12.6. The summed E-state index contributed by atoms with van der Waals surface area (Å²) in [6.45, 7) is 0. The lowest BCUT2D eigenvalue weighted by atomic mass is 9.60. The van der Waals surface area contributed by atoms with Gasteiger partial charge in [0.25, 0.3) is 17.1 Å². The first-order valence-corrected chi connectivity index (χ1v) is 9.11. The Balaban J connectivity index is 2.63. The molecule has 0 saturated carbocycles. The van der Waals surface area contributed by atoms with Gasteiger partial charge in [-0.05, 0) is 5.56 Å². The van der Waals surface area contributed by atoms with Crippen molar-refractivity contribution in [3.63, 3.8) is 0 Å². The molecule has 1 aromatic rings. The fourth-order valence-electron chi connectivity index (χ4n) is 4.51. The summed E-state index contributed by atoms with van der Waals surface area (Å²) in [6, 6.07) is -1.10. The van der Waals surface area contributed by atoms with Crippen molar-refractivity contribution in [3.05, 3.63) is 70.1 Å². The molecule has 0 fully saturated rings. The average molecular weight is 482 g/mol. The average Bonchev–Trinajstić information content (AvgIpc) is 2.76. The molecule has 0 radical (unpaired) electrons. The van der Waals surface area contributed by atoms with Crippen molar-refractivity contribution in [1.29, 1.82) is 0 Å². The summed E-state index contributed by atoms with van der Waals surface area (Å²) in [4.78, 5) is 56.1. The van der Waals surface area contributed by atoms with Crippen LogP contribution in [0.15, 0.2) is 23.5 Å². The van der Waals surface area contributed by atoms with Crippen LogP contribution in [0, 0.1) is 47.4 Å². The third kappa shape index (κ3) is 3.29. The molecule has 0 aromatic heterocycles. The van der Waals surface area contributed by atoms with Crippen molar-refractivity contribution in [2.24, 2.45) is 11.8 Å². The zero-order chi connectivity index (χ0) is 25.6. The Morgan fingerprint density at radius 3 is 2.06 bits per heavy atom. The second-order valence-electron chi connectivity index (χ2n) is 7.17. The van der Waals surface area contributed by atoms with Crippen molar-refractivity contribution in [1.82, 2.24) is 0 Å². The van der Waals surface area contributed by atoms with Crippen molar-refractivity contribution in [3.8, 4) is 0 Å². The lowest BCUT2D eigenvalue weighted by Gasteiger charge is -2.39. The van der Waals surface area contributed by atoms with E-state index in [2.05, 4.69) is 9.47 Å². The van der Waals surface area contributed by atoms with Crippen molar-refractivity contribution >= 4 is 29.0 Å². The predicted octanol–water partition coefficient (Wildman–Crippen LogP) is 0.338. The minimum Gasteiger partial charge on any atom is -0.511 e. The smallest absolute Gasteiger partial charge is 0.338 e. The van der Waals surface area contributed by atoms with Gasteiger partial charge in [0, 0.05) is 15.9 Å². The van der Waals surface area contributed by atoms with Gasteiger partial charge in [0.05, 0.1) is 41.6 Å². The zero-order valence-electron chi connectivity index (χ0n) is 17.1. The van der Waals surface area contributed by atoms with E-state index in [0.717, 1.165) is 14.2 Å². The summed E-state index contributed by atoms with van der Waals surface area (Å²) in [5.41, 5.74) is -5.47. The van der Waals surface area contributed by atoms with E-state index >= 15 is 0 Å². The number of nitro benzene ring substituents is 2. The number of aliphatic hydroxyl groups excluding tert-OH is 1. The monoisotopic (exact) mass is 482 g/mol. The van der Waals surface area contributed by atoms with Gasteiger partial charge in [-0.2, -0.15) is 0 Å². The van der Waals surface area contributed by atoms with Gasteiger partial charge in [0.15, 0.2) is 0 Å². The van der Waals surface area contributed by atoms with E-state index in [4.69, 9.17) is 0 Å². The Bertz CT molecular complexity index is 1220. The predicted molar refractivity (Wildman–Crippen MR) is 103 cm³/mol. The Kier molecular flexibility index (Phi) is 5.79. The van der Waals surface area contributed by atoms with Gasteiger partial charge in [0.2, 0.25) is 6.04 Å². The lowest BCUT2D eigenvalue weighted by molar-refractivity contribution is -0.728. The molecule has 1 aromatic carbocycles. The van der Waals surface area contributed by atoms with E-state index in [1.165, 1.54) is 0 Å². The van der Waals surface area contributed by atoms with E-state index in [0.29, 0.717) is 12.1 Å². The number of carbonyl (C=O) groups is 2. The highest BCUT2D eigenvalue weighted by Crippen LogP contribution is 2.53. The first-order chi connectivity index (χ1) is 15.9. The van der Waals surface area contributed by atoms with Gasteiger partial charge >= 0.3 is 11.9 Å². The van der Waals surface area contributed by atoms with Gasteiger partial charge in [-0.25, -0.2) is 4.79 Å². The van der Waals surface area contributed by atoms with E-state index in [1.807, 2.05) is 0 Å². The Hall–Kier alpha value is -4.83. The van der Waals surface area contributed by atoms with Gasteiger partial charge in [-0.15, -0.1) is 0 Å². The number of hydrogen-bond donors (Lipinski definition) is 2. The van der Waals surface area contributed by atoms with Gasteiger partial charge < -0.3 is 19.8 Å². The number of ether oxygens (including phenoxy) is 2. The van der Waals surface area contributed by atoms with E-state index in [1.54, 1.807) is 0 Å². The number of methoxy groups -OCH3 is 2. The third-order valence-electron chi connectivity index (χ3n) is 5.71. The summed E-state index contributed by atoms with van der Waals surface area (Å²) in [5, 5.41) is 68.0. The van der Waals surface area contributed by atoms with Gasteiger partial charge in [-0.1, -0.05) is 0 Å². The molecule has 0 saturated heterocycles. The van der Waals surface area contributed by atoms with Crippen molar-refractivity contribution < 1.29 is 49.0 Å². The number of nitrogens with zero attached hydrogens (tertiary/aromatic N) is 4. The highest BCUT2D eigenvalue weighted by Gasteiger charge is 2.66. The molecule has 34 heavy (non-hydrogen) atoms. The van der Waals surface area contributed by atoms with Crippen LogP contribution in [-0.4, -0.2) is 67.9 Å². The molecule has 17 heteroatoms. The molecule has 2 bridgehead atoms. The van der Waals surface area contributed by atoms with Crippen LogP contribution in [0.2, 0.25) is 0 Å². The molecule has 0 unspecified atom stereocenters. The molecule has 2 aliphatic rings. The molecule has 2 N–H and O–H groups in total. The second kappa shape index (κ2) is 8.26. The van der Waals surface area contributed by atoms with Crippen LogP contribution in [0.5, 0.6) is 0 Å². The Morgan fingerprint density at radius 2 is 1.62 bits per heavy atom. The van der Waals surface area contributed by atoms with Crippen LogP contribution in [0.3, 0.4) is 0 Å². The molecular formula is C17H14N4O13. The van der Waals surface area contributed by atoms with E-state index < -0.39 is 95.0 Å². The zero-order valence-corrected chi connectivity index (χ0v) is 17.1. The molecule has 180 valence electrons. The second-order valence-corrected chi connectivity index (χ2v) is 7.17. The maximum absolute atomic E-state index is 12.6. The van der Waals surface area contributed by atoms with Gasteiger partial charge in [-0.3, -0.25) is 40.3 Å². The first kappa shape index (κ1) is 23.8. The van der Waals surface area contributed by atoms with Crippen LogP contribution in [0.4, 0.5) is 11.4 Å². The summed E-state index contributed by atoms with van der Waals surface area (Å²) in [5.74, 6) is -10.0. The van der Waals surface area contributed by atoms with Crippen LogP contribution in [0.25, 0.3) is 0 Å². The SMILES string of the molecule is COC(=O)C1=C(O)[C@@H](C(=O)OC)[C@H]2C(=[N+]([O-])O)c3c(cc([N+](=O)[O-])cc3[N+](=O)[O-])[C@@H]1[C@H]2[N+](=O)[O-]. The summed E-state index contributed by atoms with van der Waals surface area (Å²) in [7, 11) is 1.67. The molecule has 0 amide bonds. The highest BCUT2D eigenvalue weighted by atomic mass is 16.8. The van der Waals surface area contributed by atoms with Gasteiger partial charge in [0.1, 0.15) is 23.2 Å². The van der Waals surface area contributed by atoms with E-state index in [9.17, 15) is 55.5 Å². The molecule has 2 aliphatic carbocycles. The van der Waals surface area contributed by atoms with Crippen LogP contribution in [0.1, 0.15) is 17.0 Å². The first-order valence-electron chi connectivity index (χ1n) is 9.11. The summed E-state index contributed by atoms with van der Waals surface area (Å²) < 4.78 is 9.10. The normalized spacial score (nSPS) is 24.5. The summed E-state index contributed by atoms with van der Waals surface area (Å²) >= 11 is 0. The van der Waals surface area contributed by atoms with Crippen LogP contribution >= 0.6 is 0 Å². The maximum Gasteiger partial charge on any atom is 0.338 e. The molecule has 0 spiro atoms. The number of fused-ring (bicyclic) bond motifs is 4. The number of nitro groups is 3. The Labute approximate surface area is 187 Å². The number of rotatable bonds is 5. The molecule has 4 atom stereocenters. The number of aliphatic hydroxyl groups is 1. The van der Waals surface area contributed by atoms with E-state index in [-0.39, 0.29) is 0 Å².